The molecular formula is C13H23O6P. The van der Waals surface area contributed by atoms with Gasteiger partial charge in [0.1, 0.15) is 0 Å². The predicted molar refractivity (Wildman–Crippen MR) is 75.1 cm³/mol. The molecule has 116 valence electrons. The zero-order valence-corrected chi connectivity index (χ0v) is 12.9. The van der Waals surface area contributed by atoms with Crippen LogP contribution in [0.25, 0.3) is 0 Å². The number of rotatable bonds is 10. The lowest BCUT2D eigenvalue weighted by atomic mass is 10.1. The Morgan fingerprint density at radius 1 is 1.20 bits per heavy atom. The van der Waals surface area contributed by atoms with Gasteiger partial charge in [-0.1, -0.05) is 39.2 Å². The summed E-state index contributed by atoms with van der Waals surface area (Å²) in [6, 6.07) is 0. The highest BCUT2D eigenvalue weighted by atomic mass is 31.2. The molecule has 0 amide bonds. The van der Waals surface area contributed by atoms with Gasteiger partial charge >= 0.3 is 13.6 Å². The summed E-state index contributed by atoms with van der Waals surface area (Å²) in [5, 5.41) is 0. The molecule has 0 heterocycles. The van der Waals surface area contributed by atoms with Gasteiger partial charge in [0.15, 0.2) is 5.78 Å². The van der Waals surface area contributed by atoms with Crippen molar-refractivity contribution in [1.29, 1.82) is 0 Å². The van der Waals surface area contributed by atoms with Gasteiger partial charge in [-0.15, -0.1) is 0 Å². The molecule has 0 fully saturated rings. The molecule has 0 aromatic carbocycles. The van der Waals surface area contributed by atoms with Gasteiger partial charge in [0.2, 0.25) is 0 Å². The van der Waals surface area contributed by atoms with E-state index in [1.54, 1.807) is 0 Å². The van der Waals surface area contributed by atoms with E-state index in [1.165, 1.54) is 6.92 Å². The van der Waals surface area contributed by atoms with E-state index in [2.05, 4.69) is 18.2 Å². The van der Waals surface area contributed by atoms with Crippen LogP contribution in [0.15, 0.2) is 12.2 Å². The van der Waals surface area contributed by atoms with E-state index in [1.807, 2.05) is 0 Å². The monoisotopic (exact) mass is 306 g/mol. The zero-order chi connectivity index (χ0) is 15.8. The number of carbonyl (C=O) groups excluding carboxylic acids is 2. The van der Waals surface area contributed by atoms with E-state index < -0.39 is 25.2 Å². The molecule has 0 aromatic rings. The summed E-state index contributed by atoms with van der Waals surface area (Å²) in [5.74, 6) is -3.74. The molecule has 0 bridgehead atoms. The van der Waals surface area contributed by atoms with Gasteiger partial charge in [0.05, 0.1) is 0 Å². The lowest BCUT2D eigenvalue weighted by molar-refractivity contribution is -0.147. The lowest BCUT2D eigenvalue weighted by Crippen LogP contribution is -2.27. The quantitative estimate of drug-likeness (QED) is 0.278. The first kappa shape index (κ1) is 19.0. The van der Waals surface area contributed by atoms with Crippen molar-refractivity contribution in [3.8, 4) is 0 Å². The Balaban J connectivity index is 4.48. The molecule has 2 N–H and O–H groups in total. The molecule has 0 rings (SSSR count). The predicted octanol–water partition coefficient (Wildman–Crippen LogP) is 2.54. The van der Waals surface area contributed by atoms with E-state index in [4.69, 9.17) is 9.79 Å². The third kappa shape index (κ3) is 7.58. The minimum absolute atomic E-state index is 0.0110. The van der Waals surface area contributed by atoms with Gasteiger partial charge in [0, 0.05) is 12.0 Å². The fraction of sp³-hybridized carbons (Fsp3) is 0.692. The second-order valence-corrected chi connectivity index (χ2v) is 6.40. The Hall–Kier alpha value is -0.970. The van der Waals surface area contributed by atoms with Crippen molar-refractivity contribution >= 4 is 19.3 Å². The van der Waals surface area contributed by atoms with E-state index in [-0.39, 0.29) is 12.0 Å². The Morgan fingerprint density at radius 2 is 1.75 bits per heavy atom. The average molecular weight is 306 g/mol. The van der Waals surface area contributed by atoms with Crippen LogP contribution in [0.1, 0.15) is 52.4 Å². The van der Waals surface area contributed by atoms with Crippen LogP contribution < -0.4 is 0 Å². The first-order valence-electron chi connectivity index (χ1n) is 6.64. The SMILES string of the molecule is C=C(C)C(=O)OC(C(=O)CCCCCCC)P(=O)(O)O. The molecule has 0 aliphatic rings. The molecule has 20 heavy (non-hydrogen) atoms. The standard InChI is InChI=1S/C13H23O6P/c1-4-5-6-7-8-9-11(14)13(20(16,17)18)19-12(15)10(2)3/h13H,2,4-9H2,1,3H3,(H2,16,17,18). The molecule has 0 spiro atoms. The minimum Gasteiger partial charge on any atom is -0.438 e. The van der Waals surface area contributed by atoms with E-state index in [0.717, 1.165) is 25.7 Å². The van der Waals surface area contributed by atoms with Crippen molar-refractivity contribution in [2.24, 2.45) is 0 Å². The molecule has 0 radical (unpaired) electrons. The van der Waals surface area contributed by atoms with Gasteiger partial charge in [-0.25, -0.2) is 4.79 Å². The van der Waals surface area contributed by atoms with Crippen LogP contribution >= 0.6 is 7.60 Å². The van der Waals surface area contributed by atoms with Gasteiger partial charge in [-0.05, 0) is 13.3 Å². The molecule has 0 aromatic heterocycles. The zero-order valence-electron chi connectivity index (χ0n) is 12.0. The average Bonchev–Trinajstić information content (AvgIpc) is 2.33. The molecule has 7 heteroatoms. The second kappa shape index (κ2) is 9.06. The minimum atomic E-state index is -4.82. The largest absolute Gasteiger partial charge is 0.438 e. The normalized spacial score (nSPS) is 12.8. The van der Waals surface area contributed by atoms with E-state index in [0.29, 0.717) is 6.42 Å². The maximum absolute atomic E-state index is 11.8. The van der Waals surface area contributed by atoms with Crippen LogP contribution in [0.2, 0.25) is 0 Å². The number of hydrogen-bond acceptors (Lipinski definition) is 4. The highest BCUT2D eigenvalue weighted by molar-refractivity contribution is 7.53. The lowest BCUT2D eigenvalue weighted by Gasteiger charge is -2.17. The number of esters is 1. The van der Waals surface area contributed by atoms with Crippen LogP contribution in [0.4, 0.5) is 0 Å². The molecule has 0 saturated carbocycles. The van der Waals surface area contributed by atoms with Gasteiger partial charge in [-0.2, -0.15) is 0 Å². The van der Waals surface area contributed by atoms with Crippen molar-refractivity contribution in [3.63, 3.8) is 0 Å². The summed E-state index contributed by atoms with van der Waals surface area (Å²) in [6.07, 6.45) is 4.41. The van der Waals surface area contributed by atoms with Crippen molar-refractivity contribution in [1.82, 2.24) is 0 Å². The smallest absolute Gasteiger partial charge is 0.373 e. The molecule has 0 aliphatic heterocycles. The second-order valence-electron chi connectivity index (χ2n) is 4.76. The third-order valence-electron chi connectivity index (χ3n) is 2.67. The molecular weight excluding hydrogens is 283 g/mol. The number of carbonyl (C=O) groups is 2. The molecule has 6 nitrogen and oxygen atoms in total. The highest BCUT2D eigenvalue weighted by Gasteiger charge is 2.38. The Bertz CT molecular complexity index is 398. The summed E-state index contributed by atoms with van der Waals surface area (Å²) in [6.45, 7) is 6.71. The summed E-state index contributed by atoms with van der Waals surface area (Å²) in [7, 11) is -4.82. The van der Waals surface area contributed by atoms with Crippen molar-refractivity contribution < 1.29 is 28.7 Å². The fourth-order valence-corrected chi connectivity index (χ4v) is 2.29. The fourth-order valence-electron chi connectivity index (χ4n) is 1.55. The Labute approximate surface area is 119 Å². The van der Waals surface area contributed by atoms with Crippen LogP contribution in [0.3, 0.4) is 0 Å². The molecule has 1 unspecified atom stereocenters. The number of unbranched alkanes of at least 4 members (excludes halogenated alkanes) is 4. The van der Waals surface area contributed by atoms with Gasteiger partial charge in [0.25, 0.3) is 5.85 Å². The number of hydrogen-bond donors (Lipinski definition) is 2. The Morgan fingerprint density at radius 3 is 2.20 bits per heavy atom. The molecule has 0 saturated heterocycles. The first-order chi connectivity index (χ1) is 9.20. The number of Topliss-reactive ketones (excluding diaryl/α,β-unsaturated/α-hetero) is 1. The van der Waals surface area contributed by atoms with Gasteiger partial charge in [-0.3, -0.25) is 9.36 Å². The maximum atomic E-state index is 11.8. The summed E-state index contributed by atoms with van der Waals surface area (Å²) in [4.78, 5) is 41.3. The van der Waals surface area contributed by atoms with Crippen molar-refractivity contribution in [2.45, 2.75) is 58.2 Å². The van der Waals surface area contributed by atoms with E-state index >= 15 is 0 Å². The van der Waals surface area contributed by atoms with Gasteiger partial charge < -0.3 is 14.5 Å². The maximum Gasteiger partial charge on any atom is 0.373 e. The highest BCUT2D eigenvalue weighted by Crippen LogP contribution is 2.43. The van der Waals surface area contributed by atoms with E-state index in [9.17, 15) is 14.2 Å². The first-order valence-corrected chi connectivity index (χ1v) is 8.32. The molecule has 1 atom stereocenters. The van der Waals surface area contributed by atoms with Crippen LogP contribution in [-0.2, 0) is 18.9 Å². The molecule has 0 aliphatic carbocycles. The summed E-state index contributed by atoms with van der Waals surface area (Å²) >= 11 is 0. The number of ketones is 1. The summed E-state index contributed by atoms with van der Waals surface area (Å²) in [5.41, 5.74) is -0.0146. The topological polar surface area (TPSA) is 101 Å². The van der Waals surface area contributed by atoms with Crippen molar-refractivity contribution in [2.75, 3.05) is 0 Å². The van der Waals surface area contributed by atoms with Crippen molar-refractivity contribution in [3.05, 3.63) is 12.2 Å². The number of ether oxygens (including phenoxy) is 1. The van der Waals surface area contributed by atoms with Crippen LogP contribution in [0, 0.1) is 0 Å². The van der Waals surface area contributed by atoms with Crippen LogP contribution in [0.5, 0.6) is 0 Å². The van der Waals surface area contributed by atoms with Crippen LogP contribution in [-0.4, -0.2) is 27.4 Å². The third-order valence-corrected chi connectivity index (χ3v) is 3.68. The summed E-state index contributed by atoms with van der Waals surface area (Å²) < 4.78 is 15.8. The Kier molecular flexibility index (Phi) is 8.62.